The summed E-state index contributed by atoms with van der Waals surface area (Å²) < 4.78 is 4.74. The van der Waals surface area contributed by atoms with Crippen molar-refractivity contribution in [3.8, 4) is 33.6 Å². The van der Waals surface area contributed by atoms with E-state index in [0.29, 0.717) is 6.54 Å². The van der Waals surface area contributed by atoms with Gasteiger partial charge in [0.2, 0.25) is 5.91 Å². The smallest absolute Gasteiger partial charge is 0.407 e. The van der Waals surface area contributed by atoms with Crippen LogP contribution in [0.1, 0.15) is 81.5 Å². The molecule has 2 amide bonds. The Hall–Kier alpha value is -5.62. The first-order chi connectivity index (χ1) is 26.8. The average Bonchev–Trinajstić information content (AvgIpc) is 4.03. The topological polar surface area (TPSA) is 158 Å². The van der Waals surface area contributed by atoms with Gasteiger partial charge < -0.3 is 35.0 Å². The number of alkyl carbamates (subject to hydrolysis) is 1. The van der Waals surface area contributed by atoms with Gasteiger partial charge in [-0.05, 0) is 72.5 Å². The van der Waals surface area contributed by atoms with Gasteiger partial charge in [0, 0.05) is 37.3 Å². The zero-order valence-corrected chi connectivity index (χ0v) is 32.1. The van der Waals surface area contributed by atoms with Crippen molar-refractivity contribution in [2.24, 2.45) is 11.8 Å². The fourth-order valence-corrected chi connectivity index (χ4v) is 7.57. The predicted octanol–water partition coefficient (Wildman–Crippen LogP) is 7.45. The van der Waals surface area contributed by atoms with E-state index in [1.165, 1.54) is 12.7 Å². The van der Waals surface area contributed by atoms with Crippen molar-refractivity contribution in [2.75, 3.05) is 20.7 Å². The van der Waals surface area contributed by atoms with E-state index >= 15 is 0 Å². The first-order valence-electron chi connectivity index (χ1n) is 19.2. The monoisotopic (exact) mass is 744 g/mol. The minimum Gasteiger partial charge on any atom is -0.453 e. The highest BCUT2D eigenvalue weighted by Crippen LogP contribution is 2.37. The average molecular weight is 745 g/mol. The van der Waals surface area contributed by atoms with E-state index in [4.69, 9.17) is 4.74 Å². The van der Waals surface area contributed by atoms with Gasteiger partial charge in [-0.15, -0.1) is 0 Å². The number of ether oxygens (including phenoxy) is 1. The number of imidazole rings is 2. The van der Waals surface area contributed by atoms with Crippen molar-refractivity contribution >= 4 is 18.3 Å². The van der Waals surface area contributed by atoms with Crippen molar-refractivity contribution in [1.29, 1.82) is 0 Å². The number of rotatable bonds is 11. The summed E-state index contributed by atoms with van der Waals surface area (Å²) in [6.07, 6.45) is 13.7. The first kappa shape index (κ1) is 39.1. The lowest BCUT2D eigenvalue weighted by atomic mass is 9.80. The van der Waals surface area contributed by atoms with Gasteiger partial charge in [0.25, 0.3) is 0 Å². The van der Waals surface area contributed by atoms with Crippen molar-refractivity contribution in [3.05, 3.63) is 103 Å². The molecule has 2 fully saturated rings. The molecule has 55 heavy (non-hydrogen) atoms. The Bertz CT molecular complexity index is 1990. The lowest BCUT2D eigenvalue weighted by Crippen LogP contribution is -2.51. The maximum atomic E-state index is 13.5. The van der Waals surface area contributed by atoms with Gasteiger partial charge in [-0.2, -0.15) is 0 Å². The summed E-state index contributed by atoms with van der Waals surface area (Å²) in [7, 11) is 3.22. The fraction of sp³-hybridized carbons (Fsp3) is 0.395. The third-order valence-corrected chi connectivity index (χ3v) is 10.6. The molecular formula is C43H52N8O4. The molecule has 2 aliphatic rings. The summed E-state index contributed by atoms with van der Waals surface area (Å²) in [6, 6.07) is 19.9. The number of aldehydes is 1. The zero-order chi connectivity index (χ0) is 38.7. The van der Waals surface area contributed by atoms with E-state index in [1.54, 1.807) is 6.20 Å². The van der Waals surface area contributed by atoms with Crippen molar-refractivity contribution in [3.63, 3.8) is 0 Å². The normalized spacial score (nSPS) is 18.6. The highest BCUT2D eigenvalue weighted by molar-refractivity contribution is 5.86. The molecule has 0 bridgehead atoms. The maximum absolute atomic E-state index is 13.5. The molecule has 0 spiro atoms. The quantitative estimate of drug-likeness (QED) is 0.102. The summed E-state index contributed by atoms with van der Waals surface area (Å²) in [5.41, 5.74) is 7.33. The molecule has 4 heterocycles. The Balaban J connectivity index is 0.000000502. The van der Waals surface area contributed by atoms with Crippen molar-refractivity contribution in [1.82, 2.24) is 40.5 Å². The Morgan fingerprint density at radius 1 is 0.855 bits per heavy atom. The Kier molecular flexibility index (Phi) is 13.2. The number of aromatic amines is 2. The lowest BCUT2D eigenvalue weighted by molar-refractivity contribution is -0.135. The second-order valence-electron chi connectivity index (χ2n) is 14.6. The molecule has 7 rings (SSSR count). The van der Waals surface area contributed by atoms with E-state index in [1.807, 2.05) is 56.5 Å². The van der Waals surface area contributed by atoms with Crippen LogP contribution in [0, 0.1) is 11.8 Å². The third-order valence-electron chi connectivity index (χ3n) is 10.6. The minimum absolute atomic E-state index is 0.0485. The number of H-pyrrole nitrogens is 2. The number of pyridine rings is 1. The second kappa shape index (κ2) is 18.6. The number of carbonyl (C=O) groups excluding carboxylic acids is 3. The standard InChI is InChI=1S/C36H42N6O4.C7H10N2/c1-22(2)32(41-36(45)46-3)35(44)42-18-6-9-31(42)34-38-20-30(40-34)26-16-12-24(13-17-26)23-10-14-25(15-11-23)29-19-37-33(39-29)28-8-5-4-7-27(28)21-43;1-8-5-7-3-2-4-9-6-7/h10-17,19-22,27-28,31-32H,4-9,18H2,1-3H3,(H,37,39)(H,38,40)(H,41,45);2-4,6,8H,5H2,1H3/t27?,28-,31?,32?;/m1./s1. The van der Waals surface area contributed by atoms with Crippen LogP contribution < -0.4 is 10.6 Å². The van der Waals surface area contributed by atoms with Gasteiger partial charge in [0.1, 0.15) is 24.0 Å². The minimum atomic E-state index is -0.668. The number of hydrogen-bond donors (Lipinski definition) is 4. The first-order valence-corrected chi connectivity index (χ1v) is 19.2. The molecule has 12 nitrogen and oxygen atoms in total. The van der Waals surface area contributed by atoms with Gasteiger partial charge in [-0.1, -0.05) is 81.3 Å². The molecule has 5 aromatic rings. The van der Waals surface area contributed by atoms with Crippen LogP contribution in [0.3, 0.4) is 0 Å². The number of likely N-dealkylation sites (tertiary alicyclic amines) is 1. The van der Waals surface area contributed by atoms with Gasteiger partial charge in [-0.3, -0.25) is 9.78 Å². The van der Waals surface area contributed by atoms with E-state index < -0.39 is 12.1 Å². The molecule has 1 aliphatic heterocycles. The molecule has 4 N–H and O–H groups in total. The SMILES string of the molecule is CNCc1cccnc1.COC(=O)NC(C(=O)N1CCCC1c1ncc(-c2ccc(-c3ccc(-c4cnc([C@@H]5CCCCC5C=O)[nH]4)cc3)cc2)[nH]1)C(C)C. The highest BCUT2D eigenvalue weighted by Gasteiger charge is 2.37. The zero-order valence-electron chi connectivity index (χ0n) is 32.1. The number of carbonyl (C=O) groups is 3. The fourth-order valence-electron chi connectivity index (χ4n) is 7.57. The number of nitrogens with one attached hydrogen (secondary N) is 4. The summed E-state index contributed by atoms with van der Waals surface area (Å²) in [5.74, 6) is 1.67. The Morgan fingerprint density at radius 2 is 1.47 bits per heavy atom. The molecule has 0 radical (unpaired) electrons. The maximum Gasteiger partial charge on any atom is 0.407 e. The number of amides is 2. The number of aromatic nitrogens is 5. The summed E-state index contributed by atoms with van der Waals surface area (Å²) in [6.45, 7) is 5.32. The third kappa shape index (κ3) is 9.55. The summed E-state index contributed by atoms with van der Waals surface area (Å²) in [5, 5.41) is 5.74. The number of nitrogens with zero attached hydrogens (tertiary/aromatic N) is 4. The molecule has 12 heteroatoms. The van der Waals surface area contributed by atoms with Crippen LogP contribution in [0.2, 0.25) is 0 Å². The molecule has 2 aromatic carbocycles. The molecule has 1 saturated carbocycles. The van der Waals surface area contributed by atoms with Crippen molar-refractivity contribution in [2.45, 2.75) is 76.9 Å². The summed E-state index contributed by atoms with van der Waals surface area (Å²) in [4.78, 5) is 58.9. The Labute approximate surface area is 322 Å². The highest BCUT2D eigenvalue weighted by atomic mass is 16.5. The lowest BCUT2D eigenvalue weighted by Gasteiger charge is -2.30. The van der Waals surface area contributed by atoms with E-state index in [2.05, 4.69) is 84.1 Å². The summed E-state index contributed by atoms with van der Waals surface area (Å²) >= 11 is 0. The molecule has 1 saturated heterocycles. The van der Waals surface area contributed by atoms with Gasteiger partial charge in [0.15, 0.2) is 0 Å². The molecule has 3 aromatic heterocycles. The van der Waals surface area contributed by atoms with Crippen LogP contribution in [0.5, 0.6) is 0 Å². The van der Waals surface area contributed by atoms with Crippen LogP contribution in [-0.4, -0.2) is 74.9 Å². The van der Waals surface area contributed by atoms with Crippen LogP contribution in [0.25, 0.3) is 33.6 Å². The number of benzene rings is 2. The van der Waals surface area contributed by atoms with E-state index in [9.17, 15) is 14.4 Å². The van der Waals surface area contributed by atoms with Crippen LogP contribution in [0.15, 0.2) is 85.5 Å². The predicted molar refractivity (Wildman–Crippen MR) is 213 cm³/mol. The molecule has 1 aliphatic carbocycles. The van der Waals surface area contributed by atoms with Gasteiger partial charge in [0.05, 0.1) is 36.9 Å². The van der Waals surface area contributed by atoms with Gasteiger partial charge >= 0.3 is 6.09 Å². The molecular weight excluding hydrogens is 693 g/mol. The number of hydrogen-bond acceptors (Lipinski definition) is 8. The van der Waals surface area contributed by atoms with Gasteiger partial charge in [-0.25, -0.2) is 14.8 Å². The second-order valence-corrected chi connectivity index (χ2v) is 14.6. The van der Waals surface area contributed by atoms with Crippen molar-refractivity contribution < 1.29 is 19.1 Å². The van der Waals surface area contributed by atoms with Crippen LogP contribution >= 0.6 is 0 Å². The van der Waals surface area contributed by atoms with E-state index in [-0.39, 0.29) is 29.7 Å². The van der Waals surface area contributed by atoms with E-state index in [0.717, 1.165) is 96.6 Å². The number of methoxy groups -OCH3 is 1. The van der Waals surface area contributed by atoms with Crippen LogP contribution in [-0.2, 0) is 20.9 Å². The molecule has 4 atom stereocenters. The molecule has 3 unspecified atom stereocenters. The van der Waals surface area contributed by atoms with Crippen LogP contribution in [0.4, 0.5) is 4.79 Å². The molecule has 288 valence electrons. The Morgan fingerprint density at radius 3 is 2.05 bits per heavy atom. The largest absolute Gasteiger partial charge is 0.453 e.